The summed E-state index contributed by atoms with van der Waals surface area (Å²) in [5.74, 6) is -0.529. The molecule has 1 aromatic carbocycles. The van der Waals surface area contributed by atoms with E-state index in [1.165, 1.54) is 9.80 Å². The van der Waals surface area contributed by atoms with Crippen molar-refractivity contribution < 1.29 is 9.59 Å². The monoisotopic (exact) mass is 397 g/mol. The van der Waals surface area contributed by atoms with Crippen LogP contribution in [-0.2, 0) is 9.59 Å². The first kappa shape index (κ1) is 18.4. The van der Waals surface area contributed by atoms with Gasteiger partial charge in [0.25, 0.3) is 5.91 Å². The highest BCUT2D eigenvalue weighted by Gasteiger charge is 2.61. The van der Waals surface area contributed by atoms with Gasteiger partial charge >= 0.3 is 0 Å². The van der Waals surface area contributed by atoms with Gasteiger partial charge in [-0.25, -0.2) is 0 Å². The Kier molecular flexibility index (Phi) is 4.26. The molecule has 0 bridgehead atoms. The number of thiol groups is 1. The summed E-state index contributed by atoms with van der Waals surface area (Å²) in [5.41, 5.74) is -0.252. The molecule has 0 N–H and O–H groups in total. The highest BCUT2D eigenvalue weighted by Crippen LogP contribution is 2.53. The van der Waals surface area contributed by atoms with Gasteiger partial charge in [-0.15, -0.1) is 12.6 Å². The number of hydrogen-bond acceptors (Lipinski definition) is 4. The van der Waals surface area contributed by atoms with E-state index < -0.39 is 22.4 Å². The van der Waals surface area contributed by atoms with Crippen LogP contribution in [0.4, 0.5) is 0 Å². The second-order valence-electron chi connectivity index (χ2n) is 6.96. The molecule has 0 spiro atoms. The van der Waals surface area contributed by atoms with Gasteiger partial charge in [-0.2, -0.15) is 5.26 Å². The van der Waals surface area contributed by atoms with Crippen LogP contribution < -0.4 is 0 Å². The molecule has 3 rings (SSSR count). The van der Waals surface area contributed by atoms with Gasteiger partial charge in [0, 0.05) is 7.05 Å². The SMILES string of the molecule is CN1C(=O)C2C[C@](C)(C#N)[C@H](c3ccc(Cl)c(Cl)c3)N2C(=O)[C@@]1(C)S. The number of nitrogens with zero attached hydrogens (tertiary/aromatic N) is 3. The van der Waals surface area contributed by atoms with Gasteiger partial charge in [-0.1, -0.05) is 29.3 Å². The molecular formula is C17H17Cl2N3O2S. The van der Waals surface area contributed by atoms with Crippen molar-refractivity contribution in [2.24, 2.45) is 5.41 Å². The van der Waals surface area contributed by atoms with Crippen molar-refractivity contribution in [3.8, 4) is 6.07 Å². The number of fused-ring (bicyclic) bond motifs is 1. The molecule has 0 aromatic heterocycles. The van der Waals surface area contributed by atoms with Crippen molar-refractivity contribution in [1.82, 2.24) is 9.80 Å². The van der Waals surface area contributed by atoms with Gasteiger partial charge in [-0.05, 0) is 38.0 Å². The van der Waals surface area contributed by atoms with E-state index in [1.54, 1.807) is 39.1 Å². The van der Waals surface area contributed by atoms with Gasteiger partial charge in [0.2, 0.25) is 5.91 Å². The first-order chi connectivity index (χ1) is 11.5. The van der Waals surface area contributed by atoms with E-state index in [0.717, 1.165) is 0 Å². The Bertz CT molecular complexity index is 823. The van der Waals surface area contributed by atoms with E-state index >= 15 is 0 Å². The number of likely N-dealkylation sites (N-methyl/N-ethyl adjacent to an activating group) is 1. The predicted octanol–water partition coefficient (Wildman–Crippen LogP) is 3.28. The third-order valence-corrected chi connectivity index (χ3v) is 6.49. The largest absolute Gasteiger partial charge is 0.321 e. The Labute approximate surface area is 161 Å². The molecule has 25 heavy (non-hydrogen) atoms. The van der Waals surface area contributed by atoms with E-state index in [0.29, 0.717) is 15.6 Å². The quantitative estimate of drug-likeness (QED) is 0.739. The van der Waals surface area contributed by atoms with E-state index in [-0.39, 0.29) is 18.2 Å². The van der Waals surface area contributed by atoms with Crippen LogP contribution in [0.2, 0.25) is 10.0 Å². The number of halogens is 2. The zero-order valence-corrected chi connectivity index (χ0v) is 16.4. The normalized spacial score (nSPS) is 34.9. The first-order valence-electron chi connectivity index (χ1n) is 7.73. The molecule has 0 radical (unpaired) electrons. The second kappa shape index (κ2) is 5.80. The van der Waals surface area contributed by atoms with Crippen molar-refractivity contribution in [2.75, 3.05) is 7.05 Å². The summed E-state index contributed by atoms with van der Waals surface area (Å²) < 4.78 is 0. The Balaban J connectivity index is 2.18. The topological polar surface area (TPSA) is 64.4 Å². The zero-order chi connectivity index (χ0) is 18.7. The Hall–Kier alpha value is -1.42. The van der Waals surface area contributed by atoms with Gasteiger partial charge < -0.3 is 9.80 Å². The Morgan fingerprint density at radius 2 is 1.92 bits per heavy atom. The van der Waals surface area contributed by atoms with Crippen molar-refractivity contribution in [2.45, 2.75) is 37.2 Å². The maximum Gasteiger partial charge on any atom is 0.259 e. The van der Waals surface area contributed by atoms with Crippen molar-refractivity contribution in [3.05, 3.63) is 33.8 Å². The number of piperazine rings is 1. The molecular weight excluding hydrogens is 381 g/mol. The fraction of sp³-hybridized carbons (Fsp3) is 0.471. The zero-order valence-electron chi connectivity index (χ0n) is 14.0. The minimum atomic E-state index is -1.28. The van der Waals surface area contributed by atoms with E-state index in [9.17, 15) is 14.9 Å². The van der Waals surface area contributed by atoms with Crippen LogP contribution in [0.25, 0.3) is 0 Å². The number of carbonyl (C=O) groups is 2. The van der Waals surface area contributed by atoms with Crippen LogP contribution in [0.15, 0.2) is 18.2 Å². The highest BCUT2D eigenvalue weighted by atomic mass is 35.5. The molecule has 2 saturated heterocycles. The maximum atomic E-state index is 13.1. The minimum absolute atomic E-state index is 0.221. The molecule has 2 aliphatic heterocycles. The van der Waals surface area contributed by atoms with Crippen LogP contribution >= 0.6 is 35.8 Å². The summed E-state index contributed by atoms with van der Waals surface area (Å²) in [6.07, 6.45) is 0.257. The van der Waals surface area contributed by atoms with Crippen molar-refractivity contribution in [1.29, 1.82) is 5.26 Å². The summed E-state index contributed by atoms with van der Waals surface area (Å²) in [7, 11) is 1.56. The third-order valence-electron chi connectivity index (χ3n) is 5.26. The summed E-state index contributed by atoms with van der Waals surface area (Å²) in [5, 5.41) is 10.5. The lowest BCUT2D eigenvalue weighted by Gasteiger charge is -2.46. The van der Waals surface area contributed by atoms with Crippen LogP contribution in [0, 0.1) is 16.7 Å². The molecule has 8 heteroatoms. The summed E-state index contributed by atoms with van der Waals surface area (Å²) in [6.45, 7) is 3.34. The number of hydrogen-bond donors (Lipinski definition) is 1. The molecule has 0 saturated carbocycles. The lowest BCUT2D eigenvalue weighted by atomic mass is 9.79. The number of amides is 2. The van der Waals surface area contributed by atoms with E-state index in [2.05, 4.69) is 18.7 Å². The average molecular weight is 398 g/mol. The van der Waals surface area contributed by atoms with Gasteiger partial charge in [0.15, 0.2) is 4.87 Å². The summed E-state index contributed by atoms with van der Waals surface area (Å²) in [4.78, 5) is 27.5. The van der Waals surface area contributed by atoms with Gasteiger partial charge in [0.05, 0.1) is 27.6 Å². The van der Waals surface area contributed by atoms with Crippen molar-refractivity contribution >= 4 is 47.6 Å². The minimum Gasteiger partial charge on any atom is -0.321 e. The van der Waals surface area contributed by atoms with Gasteiger partial charge in [-0.3, -0.25) is 9.59 Å². The smallest absolute Gasteiger partial charge is 0.259 e. The molecule has 1 unspecified atom stereocenters. The van der Waals surface area contributed by atoms with Crippen molar-refractivity contribution in [3.63, 3.8) is 0 Å². The molecule has 2 aliphatic rings. The fourth-order valence-electron chi connectivity index (χ4n) is 3.71. The van der Waals surface area contributed by atoms with Crippen LogP contribution in [0.1, 0.15) is 31.9 Å². The second-order valence-corrected chi connectivity index (χ2v) is 8.64. The first-order valence-corrected chi connectivity index (χ1v) is 8.94. The molecule has 5 nitrogen and oxygen atoms in total. The molecule has 0 aliphatic carbocycles. The third kappa shape index (κ3) is 2.52. The highest BCUT2D eigenvalue weighted by molar-refractivity contribution is 7.82. The van der Waals surface area contributed by atoms with E-state index in [4.69, 9.17) is 23.2 Å². The summed E-state index contributed by atoms with van der Waals surface area (Å²) in [6, 6.07) is 6.02. The number of carbonyl (C=O) groups excluding carboxylic acids is 2. The molecule has 2 amide bonds. The fourth-order valence-corrected chi connectivity index (χ4v) is 4.23. The molecule has 2 heterocycles. The average Bonchev–Trinajstić information content (AvgIpc) is 2.88. The number of rotatable bonds is 1. The predicted molar refractivity (Wildman–Crippen MR) is 98.3 cm³/mol. The Morgan fingerprint density at radius 1 is 1.28 bits per heavy atom. The molecule has 1 aromatic rings. The maximum absolute atomic E-state index is 13.1. The van der Waals surface area contributed by atoms with Crippen LogP contribution in [0.3, 0.4) is 0 Å². The van der Waals surface area contributed by atoms with Crippen LogP contribution in [0.5, 0.6) is 0 Å². The standard InChI is InChI=1S/C17H17Cl2N3O2S/c1-16(8-20)7-12-14(23)21(3)17(2,25)15(24)22(12)13(16)9-4-5-10(18)11(19)6-9/h4-6,12-13,25H,7H2,1-3H3/t12?,13-,16+,17+/m0/s1. The van der Waals surface area contributed by atoms with Gasteiger partial charge in [0.1, 0.15) is 6.04 Å². The number of benzene rings is 1. The number of nitriles is 1. The Morgan fingerprint density at radius 3 is 2.48 bits per heavy atom. The lowest BCUT2D eigenvalue weighted by Crippen LogP contribution is -2.65. The van der Waals surface area contributed by atoms with Crippen LogP contribution in [-0.4, -0.2) is 39.6 Å². The molecule has 4 atom stereocenters. The molecule has 2 fully saturated rings. The summed E-state index contributed by atoms with van der Waals surface area (Å²) >= 11 is 16.5. The molecule has 132 valence electrons. The van der Waals surface area contributed by atoms with E-state index in [1.807, 2.05) is 0 Å². The lowest BCUT2D eigenvalue weighted by molar-refractivity contribution is -0.161.